The van der Waals surface area contributed by atoms with Gasteiger partial charge in [0.15, 0.2) is 0 Å². The lowest BCUT2D eigenvalue weighted by Gasteiger charge is -2.31. The maximum Gasteiger partial charge on any atom is 0.410 e. The van der Waals surface area contributed by atoms with Crippen molar-refractivity contribution in [2.75, 3.05) is 44.2 Å². The third-order valence-corrected chi connectivity index (χ3v) is 7.87. The van der Waals surface area contributed by atoms with E-state index >= 15 is 0 Å². The Morgan fingerprint density at radius 2 is 1.75 bits per heavy atom. The molecule has 2 aliphatic heterocycles. The van der Waals surface area contributed by atoms with Gasteiger partial charge in [-0.3, -0.25) is 4.79 Å². The molecule has 0 saturated carbocycles. The van der Waals surface area contributed by atoms with Gasteiger partial charge in [0, 0.05) is 44.8 Å². The summed E-state index contributed by atoms with van der Waals surface area (Å²) in [7, 11) is 0. The number of aryl methyl sites for hydroxylation is 1. The molecule has 3 aromatic carbocycles. The number of carbonyl (C=O) groups is 2. The number of hydrogen-bond acceptors (Lipinski definition) is 5. The van der Waals surface area contributed by atoms with Crippen LogP contribution in [-0.4, -0.2) is 56.2 Å². The van der Waals surface area contributed by atoms with Crippen LogP contribution in [0.2, 0.25) is 0 Å². The second-order valence-electron chi connectivity index (χ2n) is 10.6. The van der Waals surface area contributed by atoms with Gasteiger partial charge in [0.05, 0.1) is 6.61 Å². The molecule has 1 saturated heterocycles. The van der Waals surface area contributed by atoms with Crippen LogP contribution in [0.4, 0.5) is 10.5 Å². The van der Waals surface area contributed by atoms with E-state index in [0.717, 1.165) is 66.2 Å². The fraction of sp³-hybridized carbons (Fsp3) is 0.394. The summed E-state index contributed by atoms with van der Waals surface area (Å²) in [5, 5.41) is 3.25. The fourth-order valence-corrected chi connectivity index (χ4v) is 5.49. The Morgan fingerprint density at radius 1 is 0.950 bits per heavy atom. The number of nitrogens with one attached hydrogen (secondary N) is 1. The number of nitrogens with zero attached hydrogens (tertiary/aromatic N) is 2. The number of carbonyl (C=O) groups excluding carboxylic acids is 2. The zero-order valence-electron chi connectivity index (χ0n) is 23.6. The summed E-state index contributed by atoms with van der Waals surface area (Å²) < 4.78 is 11.6. The summed E-state index contributed by atoms with van der Waals surface area (Å²) in [6, 6.07) is 20.4. The number of rotatable bonds is 8. The third kappa shape index (κ3) is 6.48. The maximum absolute atomic E-state index is 13.3. The number of ether oxygens (including phenoxy) is 2. The first-order valence-corrected chi connectivity index (χ1v) is 14.3. The third-order valence-electron chi connectivity index (χ3n) is 7.87. The van der Waals surface area contributed by atoms with Crippen LogP contribution in [0.25, 0.3) is 11.1 Å². The molecule has 0 atom stereocenters. The van der Waals surface area contributed by atoms with Crippen LogP contribution in [0.15, 0.2) is 60.7 Å². The van der Waals surface area contributed by atoms with Gasteiger partial charge in [-0.1, -0.05) is 42.5 Å². The molecule has 0 aromatic heterocycles. The van der Waals surface area contributed by atoms with Gasteiger partial charge < -0.3 is 24.6 Å². The van der Waals surface area contributed by atoms with Crippen molar-refractivity contribution in [2.24, 2.45) is 0 Å². The number of amides is 2. The summed E-state index contributed by atoms with van der Waals surface area (Å²) in [5.41, 5.74) is 7.70. The average Bonchev–Trinajstić information content (AvgIpc) is 3.00. The minimum atomic E-state index is -0.266. The Balaban J connectivity index is 1.22. The molecule has 7 heteroatoms. The van der Waals surface area contributed by atoms with E-state index in [1.807, 2.05) is 35.2 Å². The minimum absolute atomic E-state index is 0.135. The molecule has 0 radical (unpaired) electrons. The second kappa shape index (κ2) is 13.0. The summed E-state index contributed by atoms with van der Waals surface area (Å²) in [6.07, 6.45) is 2.70. The number of hydrogen-bond donors (Lipinski definition) is 1. The van der Waals surface area contributed by atoms with E-state index < -0.39 is 0 Å². The van der Waals surface area contributed by atoms with Gasteiger partial charge in [-0.25, -0.2) is 4.79 Å². The summed E-state index contributed by atoms with van der Waals surface area (Å²) in [4.78, 5) is 29.4. The molecule has 0 aliphatic carbocycles. The van der Waals surface area contributed by atoms with Gasteiger partial charge in [-0.2, -0.15) is 0 Å². The van der Waals surface area contributed by atoms with Crippen molar-refractivity contribution in [3.63, 3.8) is 0 Å². The van der Waals surface area contributed by atoms with Crippen LogP contribution in [0.1, 0.15) is 41.5 Å². The van der Waals surface area contributed by atoms with E-state index in [1.165, 1.54) is 11.1 Å². The second-order valence-corrected chi connectivity index (χ2v) is 10.6. The number of fused-ring (bicyclic) bond motifs is 1. The zero-order valence-corrected chi connectivity index (χ0v) is 23.6. The Morgan fingerprint density at radius 3 is 2.60 bits per heavy atom. The summed E-state index contributed by atoms with van der Waals surface area (Å²) >= 11 is 0. The van der Waals surface area contributed by atoms with E-state index in [2.05, 4.69) is 49.5 Å². The molecular weight excluding hydrogens is 502 g/mol. The Bertz CT molecular complexity index is 1350. The summed E-state index contributed by atoms with van der Waals surface area (Å²) in [5.74, 6) is 1.03. The standard InChI is InChI=1S/C33H39N3O4/c1-24-8-3-14-31(25(24)2)39-21-7-15-32(37)36-18-6-12-29-28(11-5-13-30(29)36)27-10-4-9-26(22-27)23-40-33(38)35-19-16-34-17-20-35/h3-5,8-11,13-14,22,34H,6-7,12,15-21,23H2,1-2H3. The molecule has 2 heterocycles. The zero-order chi connectivity index (χ0) is 27.9. The maximum atomic E-state index is 13.3. The predicted molar refractivity (Wildman–Crippen MR) is 158 cm³/mol. The van der Waals surface area contributed by atoms with E-state index in [4.69, 9.17) is 9.47 Å². The van der Waals surface area contributed by atoms with Gasteiger partial charge in [0.2, 0.25) is 5.91 Å². The summed E-state index contributed by atoms with van der Waals surface area (Å²) in [6.45, 7) is 8.56. The highest BCUT2D eigenvalue weighted by atomic mass is 16.6. The van der Waals surface area contributed by atoms with Crippen LogP contribution < -0.4 is 15.0 Å². The molecule has 2 amide bonds. The largest absolute Gasteiger partial charge is 0.493 e. The van der Waals surface area contributed by atoms with Crippen molar-refractivity contribution >= 4 is 17.7 Å². The molecule has 7 nitrogen and oxygen atoms in total. The lowest BCUT2D eigenvalue weighted by molar-refractivity contribution is -0.118. The van der Waals surface area contributed by atoms with Gasteiger partial charge in [-0.05, 0) is 84.7 Å². The highest BCUT2D eigenvalue weighted by Gasteiger charge is 2.24. The lowest BCUT2D eigenvalue weighted by atomic mass is 9.91. The first kappa shape index (κ1) is 27.7. The van der Waals surface area contributed by atoms with Crippen LogP contribution in [0, 0.1) is 13.8 Å². The Kier molecular flexibility index (Phi) is 9.01. The molecule has 210 valence electrons. The molecule has 2 aliphatic rings. The first-order valence-electron chi connectivity index (χ1n) is 14.3. The van der Waals surface area contributed by atoms with Crippen molar-refractivity contribution in [2.45, 2.75) is 46.1 Å². The fourth-order valence-electron chi connectivity index (χ4n) is 5.49. The van der Waals surface area contributed by atoms with Gasteiger partial charge >= 0.3 is 6.09 Å². The van der Waals surface area contributed by atoms with E-state index in [0.29, 0.717) is 32.5 Å². The average molecular weight is 542 g/mol. The van der Waals surface area contributed by atoms with Crippen molar-refractivity contribution in [1.82, 2.24) is 10.2 Å². The van der Waals surface area contributed by atoms with Crippen molar-refractivity contribution in [3.8, 4) is 16.9 Å². The quantitative estimate of drug-likeness (QED) is 0.373. The van der Waals surface area contributed by atoms with Gasteiger partial charge in [-0.15, -0.1) is 0 Å². The number of anilines is 1. The van der Waals surface area contributed by atoms with E-state index in [1.54, 1.807) is 4.90 Å². The van der Waals surface area contributed by atoms with Crippen molar-refractivity contribution in [1.29, 1.82) is 0 Å². The predicted octanol–water partition coefficient (Wildman–Crippen LogP) is 5.65. The van der Waals surface area contributed by atoms with Crippen LogP contribution in [0.5, 0.6) is 5.75 Å². The molecule has 0 bridgehead atoms. The molecule has 0 unspecified atom stereocenters. The van der Waals surface area contributed by atoms with Crippen LogP contribution in [-0.2, 0) is 22.6 Å². The van der Waals surface area contributed by atoms with Crippen molar-refractivity contribution in [3.05, 3.63) is 82.9 Å². The molecule has 0 spiro atoms. The topological polar surface area (TPSA) is 71.1 Å². The van der Waals surface area contributed by atoms with Gasteiger partial charge in [0.1, 0.15) is 12.4 Å². The van der Waals surface area contributed by atoms with Crippen LogP contribution in [0.3, 0.4) is 0 Å². The highest BCUT2D eigenvalue weighted by molar-refractivity contribution is 5.96. The molecule has 1 N–H and O–H groups in total. The number of benzene rings is 3. The SMILES string of the molecule is Cc1cccc(OCCCC(=O)N2CCCc3c(-c4cccc(COC(=O)N5CCNCC5)c4)cccc32)c1C. The first-order chi connectivity index (χ1) is 19.5. The van der Waals surface area contributed by atoms with E-state index in [-0.39, 0.29) is 18.6 Å². The monoisotopic (exact) mass is 541 g/mol. The highest BCUT2D eigenvalue weighted by Crippen LogP contribution is 2.36. The molecule has 5 rings (SSSR count). The van der Waals surface area contributed by atoms with Crippen LogP contribution >= 0.6 is 0 Å². The molecule has 1 fully saturated rings. The molecule has 3 aromatic rings. The smallest absolute Gasteiger partial charge is 0.410 e. The normalized spacial score (nSPS) is 14.9. The lowest BCUT2D eigenvalue weighted by Crippen LogP contribution is -2.46. The molecular formula is C33H39N3O4. The van der Waals surface area contributed by atoms with Gasteiger partial charge in [0.25, 0.3) is 0 Å². The van der Waals surface area contributed by atoms with E-state index in [9.17, 15) is 9.59 Å². The van der Waals surface area contributed by atoms with Crippen molar-refractivity contribution < 1.29 is 19.1 Å². The minimum Gasteiger partial charge on any atom is -0.493 e. The number of piperazine rings is 1. The Hall–Kier alpha value is -3.84. The Labute approximate surface area is 237 Å². The molecule has 40 heavy (non-hydrogen) atoms.